The number of carbonyl (C=O) groups excluding carboxylic acids is 2. The highest BCUT2D eigenvalue weighted by Crippen LogP contribution is 2.38. The molecule has 1 heterocycles. The molecule has 1 saturated carbocycles. The van der Waals surface area contributed by atoms with Crippen LogP contribution in [-0.2, 0) is 9.53 Å². The normalized spacial score (nSPS) is 13.1. The van der Waals surface area contributed by atoms with Crippen LogP contribution in [0.3, 0.4) is 0 Å². The SMILES string of the molecule is Cc1cc(SC#N)ccc1NC(=O)COC(=O)c1cc(C)n(C2CC2)c1C. The van der Waals surface area contributed by atoms with Crippen LogP contribution in [0.25, 0.3) is 0 Å². The second-order valence-corrected chi connectivity index (χ2v) is 7.54. The van der Waals surface area contributed by atoms with Gasteiger partial charge in [0.05, 0.1) is 5.56 Å². The molecule has 140 valence electrons. The van der Waals surface area contributed by atoms with Crippen molar-refractivity contribution in [1.82, 2.24) is 4.57 Å². The molecule has 1 fully saturated rings. The van der Waals surface area contributed by atoms with Crippen molar-refractivity contribution in [2.75, 3.05) is 11.9 Å². The first-order valence-corrected chi connectivity index (χ1v) is 9.54. The number of aromatic nitrogens is 1. The number of nitriles is 1. The number of hydrogen-bond donors (Lipinski definition) is 1. The number of anilines is 1. The molecule has 0 atom stereocenters. The molecular formula is C20H21N3O3S. The predicted molar refractivity (Wildman–Crippen MR) is 104 cm³/mol. The topological polar surface area (TPSA) is 84.1 Å². The molecule has 2 aromatic rings. The number of thioether (sulfide) groups is 1. The Morgan fingerprint density at radius 2 is 2.04 bits per heavy atom. The molecular weight excluding hydrogens is 362 g/mol. The lowest BCUT2D eigenvalue weighted by Crippen LogP contribution is -2.21. The van der Waals surface area contributed by atoms with E-state index in [1.165, 1.54) is 0 Å². The number of aryl methyl sites for hydroxylation is 2. The number of hydrogen-bond acceptors (Lipinski definition) is 5. The lowest BCUT2D eigenvalue weighted by Gasteiger charge is -2.10. The zero-order valence-electron chi connectivity index (χ0n) is 15.5. The van der Waals surface area contributed by atoms with Crippen molar-refractivity contribution >= 4 is 29.3 Å². The number of thiocyanates is 1. The molecule has 1 N–H and O–H groups in total. The summed E-state index contributed by atoms with van der Waals surface area (Å²) >= 11 is 1.06. The summed E-state index contributed by atoms with van der Waals surface area (Å²) in [7, 11) is 0. The fourth-order valence-electron chi connectivity index (χ4n) is 3.17. The van der Waals surface area contributed by atoms with Crippen LogP contribution in [-0.4, -0.2) is 23.1 Å². The van der Waals surface area contributed by atoms with Crippen molar-refractivity contribution in [3.8, 4) is 5.40 Å². The number of nitrogens with zero attached hydrogens (tertiary/aromatic N) is 2. The van der Waals surface area contributed by atoms with Gasteiger partial charge in [-0.2, -0.15) is 5.26 Å². The van der Waals surface area contributed by atoms with Gasteiger partial charge in [0.2, 0.25) is 0 Å². The zero-order chi connectivity index (χ0) is 19.6. The Balaban J connectivity index is 1.59. The maximum absolute atomic E-state index is 12.4. The minimum Gasteiger partial charge on any atom is -0.452 e. The third-order valence-electron chi connectivity index (χ3n) is 4.59. The Labute approximate surface area is 162 Å². The summed E-state index contributed by atoms with van der Waals surface area (Å²) in [5.41, 5.74) is 3.91. The minimum atomic E-state index is -0.484. The Kier molecular flexibility index (Phi) is 5.57. The molecule has 7 heteroatoms. The van der Waals surface area contributed by atoms with Crippen molar-refractivity contribution in [1.29, 1.82) is 5.26 Å². The molecule has 0 saturated heterocycles. The summed E-state index contributed by atoms with van der Waals surface area (Å²) in [6, 6.07) is 7.62. The van der Waals surface area contributed by atoms with Crippen LogP contribution in [0.2, 0.25) is 0 Å². The largest absolute Gasteiger partial charge is 0.452 e. The average Bonchev–Trinajstić information content (AvgIpc) is 3.40. The fourth-order valence-corrected chi connectivity index (χ4v) is 3.64. The van der Waals surface area contributed by atoms with Gasteiger partial charge in [-0.1, -0.05) is 0 Å². The molecule has 0 radical (unpaired) electrons. The molecule has 0 unspecified atom stereocenters. The summed E-state index contributed by atoms with van der Waals surface area (Å²) in [6.45, 7) is 5.38. The molecule has 1 aromatic carbocycles. The summed E-state index contributed by atoms with van der Waals surface area (Å²) < 4.78 is 7.37. The quantitative estimate of drug-likeness (QED) is 0.461. The lowest BCUT2D eigenvalue weighted by molar-refractivity contribution is -0.119. The number of benzene rings is 1. The predicted octanol–water partition coefficient (Wildman–Crippen LogP) is 4.12. The highest BCUT2D eigenvalue weighted by molar-refractivity contribution is 8.03. The van der Waals surface area contributed by atoms with Crippen molar-refractivity contribution in [3.63, 3.8) is 0 Å². The summed E-state index contributed by atoms with van der Waals surface area (Å²) in [6.07, 6.45) is 2.27. The van der Waals surface area contributed by atoms with Crippen LogP contribution in [0.1, 0.15) is 46.2 Å². The molecule has 27 heavy (non-hydrogen) atoms. The van der Waals surface area contributed by atoms with Gasteiger partial charge in [0.1, 0.15) is 5.40 Å². The van der Waals surface area contributed by atoms with E-state index in [1.54, 1.807) is 12.1 Å². The third kappa shape index (κ3) is 4.34. The van der Waals surface area contributed by atoms with Crippen LogP contribution in [0.4, 0.5) is 5.69 Å². The van der Waals surface area contributed by atoms with Gasteiger partial charge < -0.3 is 14.6 Å². The van der Waals surface area contributed by atoms with E-state index in [0.717, 1.165) is 46.5 Å². The molecule has 1 amide bonds. The molecule has 1 aromatic heterocycles. The van der Waals surface area contributed by atoms with Gasteiger partial charge >= 0.3 is 5.97 Å². The Morgan fingerprint density at radius 1 is 1.30 bits per heavy atom. The van der Waals surface area contributed by atoms with E-state index >= 15 is 0 Å². The molecule has 0 aliphatic heterocycles. The summed E-state index contributed by atoms with van der Waals surface area (Å²) in [4.78, 5) is 25.3. The van der Waals surface area contributed by atoms with Gasteiger partial charge in [-0.05, 0) is 75.2 Å². The third-order valence-corrected chi connectivity index (χ3v) is 5.17. The van der Waals surface area contributed by atoms with E-state index in [9.17, 15) is 9.59 Å². The second-order valence-electron chi connectivity index (χ2n) is 6.68. The van der Waals surface area contributed by atoms with E-state index in [2.05, 4.69) is 9.88 Å². The van der Waals surface area contributed by atoms with Gasteiger partial charge in [0.15, 0.2) is 6.61 Å². The Bertz CT molecular complexity index is 939. The van der Waals surface area contributed by atoms with E-state index in [0.29, 0.717) is 17.3 Å². The number of rotatable bonds is 6. The molecule has 1 aliphatic carbocycles. The van der Waals surface area contributed by atoms with Crippen LogP contribution in [0, 0.1) is 31.4 Å². The van der Waals surface area contributed by atoms with Gasteiger partial charge in [-0.25, -0.2) is 4.79 Å². The molecule has 6 nitrogen and oxygen atoms in total. The van der Waals surface area contributed by atoms with Crippen LogP contribution in [0.15, 0.2) is 29.2 Å². The monoisotopic (exact) mass is 383 g/mol. The highest BCUT2D eigenvalue weighted by atomic mass is 32.2. The smallest absolute Gasteiger partial charge is 0.340 e. The fraction of sp³-hybridized carbons (Fsp3) is 0.350. The first kappa shape index (κ1) is 19.1. The number of nitrogens with one attached hydrogen (secondary N) is 1. The molecule has 3 rings (SSSR count). The van der Waals surface area contributed by atoms with Gasteiger partial charge in [0.25, 0.3) is 5.91 Å². The number of ether oxygens (including phenoxy) is 1. The van der Waals surface area contributed by atoms with Crippen LogP contribution < -0.4 is 5.32 Å². The van der Waals surface area contributed by atoms with Crippen molar-refractivity contribution in [2.45, 2.75) is 44.6 Å². The number of carbonyl (C=O) groups is 2. The lowest BCUT2D eigenvalue weighted by atomic mass is 10.2. The van der Waals surface area contributed by atoms with Crippen molar-refractivity contribution in [2.24, 2.45) is 0 Å². The van der Waals surface area contributed by atoms with E-state index < -0.39 is 11.9 Å². The van der Waals surface area contributed by atoms with Gasteiger partial charge in [0, 0.05) is 28.0 Å². The van der Waals surface area contributed by atoms with Gasteiger partial charge in [-0.15, -0.1) is 0 Å². The number of amides is 1. The molecule has 0 spiro atoms. The summed E-state index contributed by atoms with van der Waals surface area (Å²) in [5, 5.41) is 13.4. The maximum atomic E-state index is 12.4. The van der Waals surface area contributed by atoms with Crippen molar-refractivity contribution in [3.05, 3.63) is 46.8 Å². The average molecular weight is 383 g/mol. The zero-order valence-corrected chi connectivity index (χ0v) is 16.4. The van der Waals surface area contributed by atoms with E-state index in [-0.39, 0.29) is 6.61 Å². The summed E-state index contributed by atoms with van der Waals surface area (Å²) in [5.74, 6) is -0.884. The van der Waals surface area contributed by atoms with E-state index in [4.69, 9.17) is 10.00 Å². The number of esters is 1. The van der Waals surface area contributed by atoms with Crippen molar-refractivity contribution < 1.29 is 14.3 Å². The maximum Gasteiger partial charge on any atom is 0.340 e. The Morgan fingerprint density at radius 3 is 2.67 bits per heavy atom. The standard InChI is InChI=1S/C20H21N3O3S/c1-12-8-16(27-11-21)6-7-18(12)22-19(24)10-26-20(25)17-9-13(2)23(14(17)3)15-4-5-15/h6-9,15H,4-5,10H2,1-3H3,(H,22,24). The van der Waals surface area contributed by atoms with Crippen LogP contribution in [0.5, 0.6) is 0 Å². The van der Waals surface area contributed by atoms with Crippen LogP contribution >= 0.6 is 11.8 Å². The highest BCUT2D eigenvalue weighted by Gasteiger charge is 2.28. The molecule has 1 aliphatic rings. The molecule has 0 bridgehead atoms. The first-order valence-electron chi connectivity index (χ1n) is 8.72. The second kappa shape index (κ2) is 7.89. The van der Waals surface area contributed by atoms with E-state index in [1.807, 2.05) is 38.3 Å². The minimum absolute atomic E-state index is 0.347. The first-order chi connectivity index (χ1) is 12.9. The Hall–Kier alpha value is -2.72. The van der Waals surface area contributed by atoms with Gasteiger partial charge in [-0.3, -0.25) is 4.79 Å².